The molecule has 0 aromatic carbocycles. The van der Waals surface area contributed by atoms with E-state index in [1.807, 2.05) is 41.5 Å². The molecule has 8 heteroatoms. The first kappa shape index (κ1) is 29.4. The largest absolute Gasteiger partial charge is 0.460 e. The minimum atomic E-state index is -0.755. The lowest BCUT2D eigenvalue weighted by molar-refractivity contribution is -0.138. The fourth-order valence-corrected chi connectivity index (χ4v) is 2.96. The van der Waals surface area contributed by atoms with Crippen LogP contribution in [0.3, 0.4) is 0 Å². The molecular formula is C23H45N3O5. The van der Waals surface area contributed by atoms with Crippen LogP contribution in [0.2, 0.25) is 0 Å². The SMILES string of the molecule is C=C(C)C(=O)OCCNC(=O)OC(CC(C)(C)N)C(C)(C)C(C)(C)CC(O)C(C)(C)N. The molecule has 0 heterocycles. The lowest BCUT2D eigenvalue weighted by Gasteiger charge is -2.49. The van der Waals surface area contributed by atoms with Gasteiger partial charge in [-0.3, -0.25) is 0 Å². The van der Waals surface area contributed by atoms with E-state index in [2.05, 4.69) is 11.9 Å². The van der Waals surface area contributed by atoms with Gasteiger partial charge in [0, 0.05) is 28.5 Å². The molecule has 31 heavy (non-hydrogen) atoms. The molecule has 0 aromatic heterocycles. The maximum Gasteiger partial charge on any atom is 0.407 e. The summed E-state index contributed by atoms with van der Waals surface area (Å²) in [5.74, 6) is -0.512. The second kappa shape index (κ2) is 10.8. The van der Waals surface area contributed by atoms with Gasteiger partial charge < -0.3 is 31.4 Å². The van der Waals surface area contributed by atoms with Crippen LogP contribution in [0.5, 0.6) is 0 Å². The number of hydrogen-bond donors (Lipinski definition) is 4. The van der Waals surface area contributed by atoms with E-state index in [0.29, 0.717) is 18.4 Å². The molecule has 8 nitrogen and oxygen atoms in total. The smallest absolute Gasteiger partial charge is 0.407 e. The van der Waals surface area contributed by atoms with E-state index in [0.717, 1.165) is 0 Å². The molecule has 0 saturated carbocycles. The lowest BCUT2D eigenvalue weighted by Crippen LogP contribution is -2.54. The molecule has 1 amide bonds. The number of esters is 1. The third kappa shape index (κ3) is 10.0. The van der Waals surface area contributed by atoms with E-state index in [1.54, 1.807) is 20.8 Å². The lowest BCUT2D eigenvalue weighted by atomic mass is 9.60. The Morgan fingerprint density at radius 3 is 1.97 bits per heavy atom. The second-order valence-electron chi connectivity index (χ2n) is 11.1. The van der Waals surface area contributed by atoms with Crippen molar-refractivity contribution in [2.75, 3.05) is 13.2 Å². The van der Waals surface area contributed by atoms with Crippen molar-refractivity contribution in [1.82, 2.24) is 5.32 Å². The summed E-state index contributed by atoms with van der Waals surface area (Å²) in [5, 5.41) is 13.2. The summed E-state index contributed by atoms with van der Waals surface area (Å²) >= 11 is 0. The Labute approximate surface area is 188 Å². The number of nitrogens with two attached hydrogens (primary N) is 2. The third-order valence-electron chi connectivity index (χ3n) is 6.03. The van der Waals surface area contributed by atoms with Gasteiger partial charge in [0.15, 0.2) is 0 Å². The van der Waals surface area contributed by atoms with Gasteiger partial charge in [-0.05, 0) is 46.5 Å². The van der Waals surface area contributed by atoms with Gasteiger partial charge in [0.05, 0.1) is 12.6 Å². The number of aliphatic hydroxyl groups is 1. The summed E-state index contributed by atoms with van der Waals surface area (Å²) in [4.78, 5) is 23.9. The average molecular weight is 444 g/mol. The number of ether oxygens (including phenoxy) is 2. The van der Waals surface area contributed by atoms with Gasteiger partial charge in [-0.25, -0.2) is 9.59 Å². The standard InChI is InChI=1S/C23H45N3O5/c1-15(2)18(28)30-12-11-26-19(29)31-17(14-21(5,6)24)22(7,8)20(3,4)13-16(27)23(9,10)25/h16-17,27H,1,11-14,24-25H2,2-10H3,(H,26,29). The molecule has 0 spiro atoms. The predicted octanol–water partition coefficient (Wildman–Crippen LogP) is 2.87. The Kier molecular flexibility index (Phi) is 10.2. The summed E-state index contributed by atoms with van der Waals surface area (Å²) in [7, 11) is 0. The topological polar surface area (TPSA) is 137 Å². The van der Waals surface area contributed by atoms with Crippen molar-refractivity contribution >= 4 is 12.1 Å². The summed E-state index contributed by atoms with van der Waals surface area (Å²) < 4.78 is 10.8. The number of amides is 1. The van der Waals surface area contributed by atoms with Crippen molar-refractivity contribution in [3.05, 3.63) is 12.2 Å². The van der Waals surface area contributed by atoms with Crippen molar-refractivity contribution in [3.8, 4) is 0 Å². The third-order valence-corrected chi connectivity index (χ3v) is 6.03. The van der Waals surface area contributed by atoms with Crippen LogP contribution < -0.4 is 16.8 Å². The number of nitrogens with one attached hydrogen (secondary N) is 1. The van der Waals surface area contributed by atoms with Crippen molar-refractivity contribution in [2.24, 2.45) is 22.3 Å². The average Bonchev–Trinajstić information content (AvgIpc) is 2.55. The highest BCUT2D eigenvalue weighted by Crippen LogP contribution is 2.48. The molecular weight excluding hydrogens is 398 g/mol. The van der Waals surface area contributed by atoms with Crippen molar-refractivity contribution in [3.63, 3.8) is 0 Å². The van der Waals surface area contributed by atoms with Gasteiger partial charge in [0.25, 0.3) is 0 Å². The van der Waals surface area contributed by atoms with Crippen LogP contribution in [-0.2, 0) is 14.3 Å². The van der Waals surface area contributed by atoms with Crippen molar-refractivity contribution < 1.29 is 24.2 Å². The van der Waals surface area contributed by atoms with Crippen LogP contribution in [-0.4, -0.2) is 53.6 Å². The fraction of sp³-hybridized carbons (Fsp3) is 0.826. The monoisotopic (exact) mass is 443 g/mol. The summed E-state index contributed by atoms with van der Waals surface area (Å²) in [6.07, 6.45) is -1.04. The zero-order valence-electron chi connectivity index (χ0n) is 20.9. The summed E-state index contributed by atoms with van der Waals surface area (Å²) in [6, 6.07) is 0. The van der Waals surface area contributed by atoms with Gasteiger partial charge in [-0.15, -0.1) is 0 Å². The highest BCUT2D eigenvalue weighted by molar-refractivity contribution is 5.86. The maximum absolute atomic E-state index is 12.5. The molecule has 0 aliphatic rings. The Bertz CT molecular complexity index is 630. The molecule has 2 atom stereocenters. The van der Waals surface area contributed by atoms with Crippen LogP contribution in [0.1, 0.15) is 75.2 Å². The number of alkyl carbamates (subject to hydrolysis) is 1. The summed E-state index contributed by atoms with van der Waals surface area (Å²) in [6.45, 7) is 20.5. The first-order valence-electron chi connectivity index (χ1n) is 10.7. The fourth-order valence-electron chi connectivity index (χ4n) is 2.96. The molecule has 0 fully saturated rings. The van der Waals surface area contributed by atoms with Crippen LogP contribution in [0.4, 0.5) is 4.79 Å². The Hall–Kier alpha value is -1.64. The Morgan fingerprint density at radius 1 is 1.03 bits per heavy atom. The van der Waals surface area contributed by atoms with Gasteiger partial charge in [0.1, 0.15) is 12.7 Å². The molecule has 6 N–H and O–H groups in total. The van der Waals surface area contributed by atoms with Gasteiger partial charge in [-0.1, -0.05) is 34.3 Å². The molecule has 0 rings (SSSR count). The normalized spacial score (nSPS) is 15.1. The highest BCUT2D eigenvalue weighted by atomic mass is 16.6. The predicted molar refractivity (Wildman–Crippen MR) is 123 cm³/mol. The minimum Gasteiger partial charge on any atom is -0.460 e. The number of hydrogen-bond acceptors (Lipinski definition) is 7. The van der Waals surface area contributed by atoms with E-state index in [4.69, 9.17) is 20.9 Å². The molecule has 2 unspecified atom stereocenters. The molecule has 0 aromatic rings. The highest BCUT2D eigenvalue weighted by Gasteiger charge is 2.48. The Balaban J connectivity index is 5.32. The number of rotatable bonds is 12. The van der Waals surface area contributed by atoms with Gasteiger partial charge >= 0.3 is 12.1 Å². The van der Waals surface area contributed by atoms with Crippen molar-refractivity contribution in [2.45, 2.75) is 98.4 Å². The summed E-state index contributed by atoms with van der Waals surface area (Å²) in [5.41, 5.74) is 10.3. The van der Waals surface area contributed by atoms with E-state index >= 15 is 0 Å². The van der Waals surface area contributed by atoms with E-state index in [-0.39, 0.29) is 13.2 Å². The van der Waals surface area contributed by atoms with Crippen molar-refractivity contribution in [1.29, 1.82) is 0 Å². The van der Waals surface area contributed by atoms with E-state index < -0.39 is 46.2 Å². The minimum absolute atomic E-state index is 0.0144. The molecule has 0 radical (unpaired) electrons. The number of carbonyl (C=O) groups excluding carboxylic acids is 2. The first-order valence-corrected chi connectivity index (χ1v) is 10.7. The second-order valence-corrected chi connectivity index (χ2v) is 11.1. The van der Waals surface area contributed by atoms with Gasteiger partial charge in [0.2, 0.25) is 0 Å². The maximum atomic E-state index is 12.5. The van der Waals surface area contributed by atoms with Crippen LogP contribution in [0.25, 0.3) is 0 Å². The molecule has 182 valence electrons. The van der Waals surface area contributed by atoms with E-state index in [9.17, 15) is 14.7 Å². The first-order chi connectivity index (χ1) is 13.7. The quantitative estimate of drug-likeness (QED) is 0.207. The number of aliphatic hydroxyl groups excluding tert-OH is 1. The zero-order valence-corrected chi connectivity index (χ0v) is 20.9. The van der Waals surface area contributed by atoms with E-state index in [1.165, 1.54) is 0 Å². The zero-order chi connectivity index (χ0) is 24.8. The molecule has 0 aliphatic carbocycles. The number of carbonyl (C=O) groups is 2. The van der Waals surface area contributed by atoms with Crippen LogP contribution in [0, 0.1) is 10.8 Å². The Morgan fingerprint density at radius 2 is 1.55 bits per heavy atom. The molecule has 0 aliphatic heterocycles. The van der Waals surface area contributed by atoms with Gasteiger partial charge in [-0.2, -0.15) is 0 Å². The molecule has 0 bridgehead atoms. The van der Waals surface area contributed by atoms with Crippen LogP contribution >= 0.6 is 0 Å². The molecule has 0 saturated heterocycles. The van der Waals surface area contributed by atoms with Crippen LogP contribution in [0.15, 0.2) is 12.2 Å².